The van der Waals surface area contributed by atoms with E-state index in [1.165, 1.54) is 17.0 Å². The van der Waals surface area contributed by atoms with Crippen LogP contribution in [0.5, 0.6) is 0 Å². The first-order valence-electron chi connectivity index (χ1n) is 8.19. The molecule has 0 saturated carbocycles. The van der Waals surface area contributed by atoms with E-state index in [0.717, 1.165) is 44.6 Å². The van der Waals surface area contributed by atoms with E-state index < -0.39 is 0 Å². The second-order valence-corrected chi connectivity index (χ2v) is 5.81. The lowest BCUT2D eigenvalue weighted by Gasteiger charge is -2.15. The number of hydrogen-bond acceptors (Lipinski definition) is 4. The number of aromatic nitrogens is 2. The van der Waals surface area contributed by atoms with Crippen molar-refractivity contribution in [1.29, 1.82) is 0 Å². The van der Waals surface area contributed by atoms with Gasteiger partial charge in [0.05, 0.1) is 6.61 Å². The summed E-state index contributed by atoms with van der Waals surface area (Å²) in [5.74, 6) is 1.61. The summed E-state index contributed by atoms with van der Waals surface area (Å²) in [4.78, 5) is 9.46. The maximum absolute atomic E-state index is 5.13. The predicted octanol–water partition coefficient (Wildman–Crippen LogP) is 2.58. The zero-order valence-corrected chi connectivity index (χ0v) is 14.3. The van der Waals surface area contributed by atoms with Gasteiger partial charge in [-0.05, 0) is 43.8 Å². The summed E-state index contributed by atoms with van der Waals surface area (Å²) in [6.45, 7) is 11.6. The molecule has 0 aliphatic heterocycles. The molecule has 0 aliphatic rings. The van der Waals surface area contributed by atoms with Gasteiger partial charge >= 0.3 is 0 Å². The van der Waals surface area contributed by atoms with E-state index in [1.54, 1.807) is 7.11 Å². The van der Waals surface area contributed by atoms with Gasteiger partial charge in [0.25, 0.3) is 0 Å². The SMILES string of the molecule is CCc1nc(CCOC)nc(CC)c1CCNCC(C)C. The van der Waals surface area contributed by atoms with Crippen molar-refractivity contribution in [3.05, 3.63) is 22.8 Å². The van der Waals surface area contributed by atoms with E-state index in [2.05, 4.69) is 33.0 Å². The molecule has 0 unspecified atom stereocenters. The van der Waals surface area contributed by atoms with Gasteiger partial charge in [0, 0.05) is 24.9 Å². The fourth-order valence-corrected chi connectivity index (χ4v) is 2.42. The first kappa shape index (κ1) is 18.1. The minimum absolute atomic E-state index is 0.682. The standard InChI is InChI=1S/C17H31N3O/c1-6-15-14(8-10-18-12-13(3)4)16(7-2)20-17(19-15)9-11-21-5/h13,18H,6-12H2,1-5H3. The summed E-state index contributed by atoms with van der Waals surface area (Å²) in [6.07, 6.45) is 3.75. The molecule has 0 amide bonds. The molecular weight excluding hydrogens is 262 g/mol. The third-order valence-corrected chi connectivity index (χ3v) is 3.53. The fraction of sp³-hybridized carbons (Fsp3) is 0.765. The van der Waals surface area contributed by atoms with Crippen LogP contribution in [0.25, 0.3) is 0 Å². The largest absolute Gasteiger partial charge is 0.384 e. The van der Waals surface area contributed by atoms with Crippen molar-refractivity contribution in [3.63, 3.8) is 0 Å². The summed E-state index contributed by atoms with van der Waals surface area (Å²) < 4.78 is 5.13. The molecule has 120 valence electrons. The Morgan fingerprint density at radius 1 is 1.05 bits per heavy atom. The van der Waals surface area contributed by atoms with Gasteiger partial charge < -0.3 is 10.1 Å². The number of methoxy groups -OCH3 is 1. The predicted molar refractivity (Wildman–Crippen MR) is 87.8 cm³/mol. The fourth-order valence-electron chi connectivity index (χ4n) is 2.42. The Morgan fingerprint density at radius 3 is 2.14 bits per heavy atom. The maximum Gasteiger partial charge on any atom is 0.131 e. The first-order valence-corrected chi connectivity index (χ1v) is 8.19. The highest BCUT2D eigenvalue weighted by Gasteiger charge is 2.12. The zero-order chi connectivity index (χ0) is 15.7. The molecule has 0 saturated heterocycles. The lowest BCUT2D eigenvalue weighted by molar-refractivity contribution is 0.200. The summed E-state index contributed by atoms with van der Waals surface area (Å²) in [5, 5.41) is 3.51. The van der Waals surface area contributed by atoms with Gasteiger partial charge in [-0.15, -0.1) is 0 Å². The van der Waals surface area contributed by atoms with E-state index in [4.69, 9.17) is 14.7 Å². The molecular formula is C17H31N3O. The van der Waals surface area contributed by atoms with Crippen LogP contribution in [0.1, 0.15) is 50.5 Å². The average Bonchev–Trinajstić information content (AvgIpc) is 2.49. The van der Waals surface area contributed by atoms with Gasteiger partial charge in [0.1, 0.15) is 5.82 Å². The third kappa shape index (κ3) is 6.10. The van der Waals surface area contributed by atoms with Crippen molar-refractivity contribution < 1.29 is 4.74 Å². The van der Waals surface area contributed by atoms with Gasteiger partial charge in [0.2, 0.25) is 0 Å². The number of aryl methyl sites for hydroxylation is 2. The number of nitrogens with one attached hydrogen (secondary N) is 1. The van der Waals surface area contributed by atoms with Crippen molar-refractivity contribution in [3.8, 4) is 0 Å². The van der Waals surface area contributed by atoms with Crippen molar-refractivity contribution in [2.24, 2.45) is 5.92 Å². The highest BCUT2D eigenvalue weighted by atomic mass is 16.5. The number of rotatable bonds is 10. The van der Waals surface area contributed by atoms with Gasteiger partial charge in [-0.3, -0.25) is 0 Å². The van der Waals surface area contributed by atoms with Crippen molar-refractivity contribution in [2.75, 3.05) is 26.8 Å². The lowest BCUT2D eigenvalue weighted by Crippen LogP contribution is -2.23. The maximum atomic E-state index is 5.13. The molecule has 21 heavy (non-hydrogen) atoms. The smallest absolute Gasteiger partial charge is 0.131 e. The second kappa shape index (κ2) is 9.85. The number of nitrogens with zero attached hydrogens (tertiary/aromatic N) is 2. The lowest BCUT2D eigenvalue weighted by atomic mass is 10.0. The van der Waals surface area contributed by atoms with Crippen LogP contribution in [0.15, 0.2) is 0 Å². The Kier molecular flexibility index (Phi) is 8.47. The summed E-state index contributed by atoms with van der Waals surface area (Å²) in [6, 6.07) is 0. The minimum Gasteiger partial charge on any atom is -0.384 e. The molecule has 4 heteroatoms. The quantitative estimate of drug-likeness (QED) is 0.674. The molecule has 0 spiro atoms. The first-order chi connectivity index (χ1) is 10.1. The molecule has 1 N–H and O–H groups in total. The Balaban J connectivity index is 2.80. The Labute approximate surface area is 129 Å². The van der Waals surface area contributed by atoms with Crippen LogP contribution in [0.4, 0.5) is 0 Å². The third-order valence-electron chi connectivity index (χ3n) is 3.53. The average molecular weight is 293 g/mol. The summed E-state index contributed by atoms with van der Waals surface area (Å²) in [5.41, 5.74) is 3.76. The molecule has 1 aromatic heterocycles. The van der Waals surface area contributed by atoms with Crippen LogP contribution >= 0.6 is 0 Å². The Morgan fingerprint density at radius 2 is 1.67 bits per heavy atom. The molecule has 0 aromatic carbocycles. The van der Waals surface area contributed by atoms with Crippen molar-refractivity contribution in [2.45, 2.75) is 53.4 Å². The van der Waals surface area contributed by atoms with Crippen molar-refractivity contribution in [1.82, 2.24) is 15.3 Å². The van der Waals surface area contributed by atoms with Gasteiger partial charge in [0.15, 0.2) is 0 Å². The molecule has 1 rings (SSSR count). The molecule has 0 aliphatic carbocycles. The van der Waals surface area contributed by atoms with Gasteiger partial charge in [-0.2, -0.15) is 0 Å². The minimum atomic E-state index is 0.682. The van der Waals surface area contributed by atoms with E-state index >= 15 is 0 Å². The Bertz CT molecular complexity index is 393. The van der Waals surface area contributed by atoms with E-state index in [1.807, 2.05) is 0 Å². The molecule has 0 fully saturated rings. The topological polar surface area (TPSA) is 47.0 Å². The van der Waals surface area contributed by atoms with Crippen molar-refractivity contribution >= 4 is 0 Å². The number of hydrogen-bond donors (Lipinski definition) is 1. The summed E-state index contributed by atoms with van der Waals surface area (Å²) in [7, 11) is 1.72. The van der Waals surface area contributed by atoms with Crippen LogP contribution < -0.4 is 5.32 Å². The zero-order valence-electron chi connectivity index (χ0n) is 14.3. The van der Waals surface area contributed by atoms with E-state index in [0.29, 0.717) is 12.5 Å². The van der Waals surface area contributed by atoms with E-state index in [9.17, 15) is 0 Å². The molecule has 1 aromatic rings. The van der Waals surface area contributed by atoms with Crippen LogP contribution in [0, 0.1) is 5.92 Å². The molecule has 0 atom stereocenters. The highest BCUT2D eigenvalue weighted by Crippen LogP contribution is 2.14. The van der Waals surface area contributed by atoms with Crippen LogP contribution in [0.3, 0.4) is 0 Å². The van der Waals surface area contributed by atoms with E-state index in [-0.39, 0.29) is 0 Å². The monoisotopic (exact) mass is 293 g/mol. The summed E-state index contributed by atoms with van der Waals surface area (Å²) >= 11 is 0. The van der Waals surface area contributed by atoms with Crippen LogP contribution in [-0.4, -0.2) is 36.8 Å². The van der Waals surface area contributed by atoms with Gasteiger partial charge in [-0.25, -0.2) is 9.97 Å². The Hall–Kier alpha value is -1.00. The molecule has 1 heterocycles. The highest BCUT2D eigenvalue weighted by molar-refractivity contribution is 5.27. The molecule has 0 bridgehead atoms. The van der Waals surface area contributed by atoms with Gasteiger partial charge in [-0.1, -0.05) is 27.7 Å². The second-order valence-electron chi connectivity index (χ2n) is 5.81. The normalized spacial score (nSPS) is 11.3. The molecule has 0 radical (unpaired) electrons. The van der Waals surface area contributed by atoms with Crippen LogP contribution in [0.2, 0.25) is 0 Å². The van der Waals surface area contributed by atoms with Crippen LogP contribution in [-0.2, 0) is 30.4 Å². The number of ether oxygens (including phenoxy) is 1. The molecule has 4 nitrogen and oxygen atoms in total.